The molecule has 1 aromatic heterocycles. The third-order valence-electron chi connectivity index (χ3n) is 6.01. The fourth-order valence-corrected chi connectivity index (χ4v) is 4.58. The van der Waals surface area contributed by atoms with Crippen molar-refractivity contribution >= 4 is 51.8 Å². The molecule has 0 spiro atoms. The summed E-state index contributed by atoms with van der Waals surface area (Å²) in [6.45, 7) is 6.90. The molecule has 0 saturated heterocycles. The first-order chi connectivity index (χ1) is 15.9. The van der Waals surface area contributed by atoms with Crippen LogP contribution in [0, 0.1) is 0 Å². The van der Waals surface area contributed by atoms with Gasteiger partial charge in [-0.2, -0.15) is 0 Å². The van der Waals surface area contributed by atoms with Crippen molar-refractivity contribution in [1.29, 1.82) is 0 Å². The summed E-state index contributed by atoms with van der Waals surface area (Å²) in [5.74, 6) is 0.107. The van der Waals surface area contributed by atoms with E-state index in [2.05, 4.69) is 18.7 Å². The molecule has 7 heteroatoms. The molecule has 0 unspecified atom stereocenters. The Hall–Kier alpha value is -2.60. The zero-order valence-electron chi connectivity index (χ0n) is 18.6. The van der Waals surface area contributed by atoms with Crippen molar-refractivity contribution < 1.29 is 13.9 Å². The first kappa shape index (κ1) is 23.6. The average Bonchev–Trinajstić information content (AvgIpc) is 3.22. The monoisotopic (exact) mass is 485 g/mol. The largest absolute Gasteiger partial charge is 0.461 e. The van der Waals surface area contributed by atoms with Gasteiger partial charge in [0.25, 0.3) is 0 Å². The highest BCUT2D eigenvalue weighted by Gasteiger charge is 2.25. The van der Waals surface area contributed by atoms with Crippen LogP contribution < -0.4 is 5.43 Å². The number of nitrogens with zero attached hydrogens (tertiary/aromatic N) is 1. The topological polar surface area (TPSA) is 59.8 Å². The van der Waals surface area contributed by atoms with Crippen LogP contribution in [0.2, 0.25) is 10.0 Å². The molecular formula is C26H25Cl2NO4. The third-order valence-corrected chi connectivity index (χ3v) is 6.67. The minimum absolute atomic E-state index is 0.127. The van der Waals surface area contributed by atoms with Gasteiger partial charge in [0, 0.05) is 27.7 Å². The summed E-state index contributed by atoms with van der Waals surface area (Å²) in [7, 11) is 0. The van der Waals surface area contributed by atoms with Gasteiger partial charge in [-0.25, -0.2) is 4.79 Å². The van der Waals surface area contributed by atoms with Crippen molar-refractivity contribution in [2.24, 2.45) is 0 Å². The minimum atomic E-state index is -0.446. The van der Waals surface area contributed by atoms with Crippen LogP contribution in [-0.2, 0) is 11.2 Å². The van der Waals surface area contributed by atoms with Crippen molar-refractivity contribution in [2.75, 3.05) is 26.2 Å². The number of benzene rings is 2. The molecule has 0 saturated carbocycles. The zero-order valence-corrected chi connectivity index (χ0v) is 20.1. The van der Waals surface area contributed by atoms with E-state index < -0.39 is 5.97 Å². The van der Waals surface area contributed by atoms with Crippen LogP contribution >= 0.6 is 23.2 Å². The van der Waals surface area contributed by atoms with E-state index in [1.54, 1.807) is 36.4 Å². The summed E-state index contributed by atoms with van der Waals surface area (Å²) in [6.07, 6.45) is 3.08. The van der Waals surface area contributed by atoms with E-state index >= 15 is 0 Å². The molecule has 1 heterocycles. The number of carbonyl (C=O) groups excluding carboxylic acids is 1. The molecule has 3 aromatic rings. The number of allylic oxidation sites excluding steroid dienone is 1. The predicted octanol–water partition coefficient (Wildman–Crippen LogP) is 6.09. The van der Waals surface area contributed by atoms with Gasteiger partial charge in [-0.3, -0.25) is 4.79 Å². The average molecular weight is 486 g/mol. The molecule has 4 rings (SSSR count). The van der Waals surface area contributed by atoms with Crippen LogP contribution in [0.5, 0.6) is 0 Å². The first-order valence-corrected chi connectivity index (χ1v) is 11.8. The number of rotatable bonds is 7. The predicted molar refractivity (Wildman–Crippen MR) is 133 cm³/mol. The van der Waals surface area contributed by atoms with Crippen LogP contribution in [0.1, 0.15) is 47.5 Å². The molecular weight excluding hydrogens is 461 g/mol. The Morgan fingerprint density at radius 1 is 1.12 bits per heavy atom. The number of halogens is 2. The van der Waals surface area contributed by atoms with E-state index in [0.717, 1.165) is 18.7 Å². The molecule has 0 radical (unpaired) electrons. The van der Waals surface area contributed by atoms with Crippen LogP contribution in [0.15, 0.2) is 45.6 Å². The number of likely N-dealkylation sites (N-methyl/N-ethyl adjacent to an activating group) is 1. The quantitative estimate of drug-likeness (QED) is 0.379. The highest BCUT2D eigenvalue weighted by molar-refractivity contribution is 6.37. The van der Waals surface area contributed by atoms with Crippen molar-refractivity contribution in [2.45, 2.75) is 26.7 Å². The lowest BCUT2D eigenvalue weighted by Crippen LogP contribution is -2.27. The summed E-state index contributed by atoms with van der Waals surface area (Å²) in [6, 6.07) is 10.2. The maximum atomic E-state index is 13.2. The SMILES string of the molecule is CCN(CC)CCOC(=O)c1ccc2oc3c(c(=O)c2c1)CCC3=Cc1c(Cl)cccc1Cl. The summed E-state index contributed by atoms with van der Waals surface area (Å²) >= 11 is 12.6. The summed E-state index contributed by atoms with van der Waals surface area (Å²) < 4.78 is 11.5. The van der Waals surface area contributed by atoms with Crippen LogP contribution in [-0.4, -0.2) is 37.1 Å². The van der Waals surface area contributed by atoms with E-state index in [1.807, 2.05) is 6.08 Å². The Kier molecular flexibility index (Phi) is 7.23. The van der Waals surface area contributed by atoms with Gasteiger partial charge in [-0.05, 0) is 67.9 Å². The second-order valence-corrected chi connectivity index (χ2v) is 8.73. The van der Waals surface area contributed by atoms with Crippen molar-refractivity contribution in [3.05, 3.63) is 79.1 Å². The van der Waals surface area contributed by atoms with Crippen molar-refractivity contribution in [3.8, 4) is 0 Å². The van der Waals surface area contributed by atoms with E-state index in [9.17, 15) is 9.59 Å². The van der Waals surface area contributed by atoms with Crippen LogP contribution in [0.25, 0.3) is 22.6 Å². The van der Waals surface area contributed by atoms with E-state index in [4.69, 9.17) is 32.4 Å². The molecule has 1 aliphatic carbocycles. The minimum Gasteiger partial charge on any atom is -0.461 e. The number of carbonyl (C=O) groups is 1. The Bertz CT molecular complexity index is 1270. The Balaban J connectivity index is 1.63. The molecule has 1 aliphatic rings. The molecule has 172 valence electrons. The Morgan fingerprint density at radius 2 is 1.85 bits per heavy atom. The number of esters is 1. The van der Waals surface area contributed by atoms with Crippen LogP contribution in [0.3, 0.4) is 0 Å². The van der Waals surface area contributed by atoms with E-state index in [-0.39, 0.29) is 5.43 Å². The van der Waals surface area contributed by atoms with Gasteiger partial charge < -0.3 is 14.1 Å². The van der Waals surface area contributed by atoms with Crippen molar-refractivity contribution in [1.82, 2.24) is 4.90 Å². The first-order valence-electron chi connectivity index (χ1n) is 11.1. The number of hydrogen-bond acceptors (Lipinski definition) is 5. The fourth-order valence-electron chi connectivity index (χ4n) is 4.07. The van der Waals surface area contributed by atoms with Crippen molar-refractivity contribution in [3.63, 3.8) is 0 Å². The molecule has 0 bridgehead atoms. The Morgan fingerprint density at radius 3 is 2.55 bits per heavy atom. The van der Waals surface area contributed by atoms with Gasteiger partial charge in [0.15, 0.2) is 5.43 Å². The summed E-state index contributed by atoms with van der Waals surface area (Å²) in [4.78, 5) is 27.9. The standard InChI is InChI=1S/C26H25Cl2NO4/c1-3-29(4-2)12-13-32-26(31)17-9-11-23-20(15-17)24(30)18-10-8-16(25(18)33-23)14-19-21(27)6-5-7-22(19)28/h5-7,9,11,14-15H,3-4,8,10,12-13H2,1-2H3. The Labute approximate surface area is 202 Å². The molecule has 33 heavy (non-hydrogen) atoms. The van der Waals surface area contributed by atoms with Gasteiger partial charge in [0.2, 0.25) is 0 Å². The van der Waals surface area contributed by atoms with Gasteiger partial charge in [-0.15, -0.1) is 0 Å². The summed E-state index contributed by atoms with van der Waals surface area (Å²) in [5, 5.41) is 1.45. The van der Waals surface area contributed by atoms with Gasteiger partial charge in [0.1, 0.15) is 18.0 Å². The van der Waals surface area contributed by atoms with Crippen LogP contribution in [0.4, 0.5) is 0 Å². The lowest BCUT2D eigenvalue weighted by atomic mass is 10.1. The molecule has 0 N–H and O–H groups in total. The molecule has 0 aliphatic heterocycles. The molecule has 5 nitrogen and oxygen atoms in total. The highest BCUT2D eigenvalue weighted by atomic mass is 35.5. The molecule has 2 aromatic carbocycles. The van der Waals surface area contributed by atoms with E-state index in [1.165, 1.54) is 0 Å². The third kappa shape index (κ3) is 4.86. The highest BCUT2D eigenvalue weighted by Crippen LogP contribution is 2.37. The number of ether oxygens (including phenoxy) is 1. The number of hydrogen-bond donors (Lipinski definition) is 0. The lowest BCUT2D eigenvalue weighted by molar-refractivity contribution is 0.0466. The smallest absolute Gasteiger partial charge is 0.338 e. The number of fused-ring (bicyclic) bond motifs is 2. The van der Waals surface area contributed by atoms with Gasteiger partial charge in [0.05, 0.1) is 10.9 Å². The van der Waals surface area contributed by atoms with Gasteiger partial charge >= 0.3 is 5.97 Å². The van der Waals surface area contributed by atoms with Gasteiger partial charge in [-0.1, -0.05) is 43.1 Å². The lowest BCUT2D eigenvalue weighted by Gasteiger charge is -2.17. The zero-order chi connectivity index (χ0) is 23.5. The fraction of sp³-hybridized carbons (Fsp3) is 0.308. The summed E-state index contributed by atoms with van der Waals surface area (Å²) in [5.41, 5.74) is 2.82. The van der Waals surface area contributed by atoms with E-state index in [0.29, 0.717) is 69.5 Å². The maximum absolute atomic E-state index is 13.2. The second-order valence-electron chi connectivity index (χ2n) is 7.92. The second kappa shape index (κ2) is 10.1. The molecule has 0 atom stereocenters. The normalized spacial score (nSPS) is 14.3. The molecule has 0 fully saturated rings. The maximum Gasteiger partial charge on any atom is 0.338 e. The molecule has 0 amide bonds.